The first kappa shape index (κ1) is 13.0. The number of fused-ring (bicyclic) bond motifs is 1. The Kier molecular flexibility index (Phi) is 3.92. The van der Waals surface area contributed by atoms with Crippen molar-refractivity contribution in [2.24, 2.45) is 0 Å². The molecule has 0 saturated carbocycles. The highest BCUT2D eigenvalue weighted by Crippen LogP contribution is 2.27. The van der Waals surface area contributed by atoms with Gasteiger partial charge in [0.15, 0.2) is 5.76 Å². The van der Waals surface area contributed by atoms with Gasteiger partial charge in [-0.05, 0) is 31.5 Å². The fourth-order valence-electron chi connectivity index (χ4n) is 1.87. The van der Waals surface area contributed by atoms with Crippen molar-refractivity contribution in [1.82, 2.24) is 5.32 Å². The molecule has 18 heavy (non-hydrogen) atoms. The number of hydrogen-bond donors (Lipinski definition) is 1. The maximum absolute atomic E-state index is 12.0. The first-order valence-electron chi connectivity index (χ1n) is 6.10. The lowest BCUT2D eigenvalue weighted by molar-refractivity contribution is 0.0927. The van der Waals surface area contributed by atoms with E-state index >= 15 is 0 Å². The highest BCUT2D eigenvalue weighted by Gasteiger charge is 2.17. The van der Waals surface area contributed by atoms with Crippen molar-refractivity contribution >= 4 is 28.5 Å². The Morgan fingerprint density at radius 3 is 2.94 bits per heavy atom. The van der Waals surface area contributed by atoms with E-state index in [9.17, 15) is 4.79 Å². The van der Waals surface area contributed by atoms with Gasteiger partial charge < -0.3 is 9.73 Å². The van der Waals surface area contributed by atoms with Crippen LogP contribution >= 0.6 is 11.6 Å². The summed E-state index contributed by atoms with van der Waals surface area (Å²) in [6.45, 7) is 4.63. The summed E-state index contributed by atoms with van der Waals surface area (Å²) in [5.41, 5.74) is 1.53. The summed E-state index contributed by atoms with van der Waals surface area (Å²) in [5.74, 6) is 0.219. The number of hydrogen-bond acceptors (Lipinski definition) is 2. The molecule has 1 aromatic carbocycles. The predicted octanol–water partition coefficient (Wildman–Crippen LogP) is 3.92. The largest absolute Gasteiger partial charge is 0.451 e. The number of carbonyl (C=O) groups excluding carboxylic acids is 1. The van der Waals surface area contributed by atoms with Crippen LogP contribution in [0.1, 0.15) is 35.9 Å². The Hall–Kier alpha value is -1.48. The van der Waals surface area contributed by atoms with Crippen LogP contribution in [0.25, 0.3) is 11.0 Å². The Balaban J connectivity index is 2.28. The number of carbonyl (C=O) groups is 1. The fraction of sp³-hybridized carbons (Fsp3) is 0.357. The molecule has 0 unspecified atom stereocenters. The van der Waals surface area contributed by atoms with Crippen LogP contribution in [-0.4, -0.2) is 12.5 Å². The average molecular weight is 266 g/mol. The SMILES string of the molecule is CCCCNC(=O)c1oc2ccc(Cl)cc2c1C. The van der Waals surface area contributed by atoms with Crippen molar-refractivity contribution in [3.8, 4) is 0 Å². The molecule has 1 amide bonds. The van der Waals surface area contributed by atoms with E-state index in [1.54, 1.807) is 12.1 Å². The summed E-state index contributed by atoms with van der Waals surface area (Å²) >= 11 is 5.94. The van der Waals surface area contributed by atoms with Gasteiger partial charge in [-0.1, -0.05) is 24.9 Å². The number of benzene rings is 1. The number of furan rings is 1. The summed E-state index contributed by atoms with van der Waals surface area (Å²) in [6, 6.07) is 5.36. The minimum absolute atomic E-state index is 0.159. The third-order valence-corrected chi connectivity index (χ3v) is 3.16. The molecule has 0 atom stereocenters. The summed E-state index contributed by atoms with van der Waals surface area (Å²) in [4.78, 5) is 12.0. The van der Waals surface area contributed by atoms with Crippen LogP contribution in [0.5, 0.6) is 0 Å². The van der Waals surface area contributed by atoms with Crippen molar-refractivity contribution in [2.45, 2.75) is 26.7 Å². The molecule has 0 fully saturated rings. The van der Waals surface area contributed by atoms with Crippen molar-refractivity contribution in [1.29, 1.82) is 0 Å². The molecular formula is C14H16ClNO2. The van der Waals surface area contributed by atoms with Crippen molar-refractivity contribution in [3.05, 3.63) is 34.5 Å². The third kappa shape index (κ3) is 2.51. The molecule has 0 bridgehead atoms. The fourth-order valence-corrected chi connectivity index (χ4v) is 2.04. The molecular weight excluding hydrogens is 250 g/mol. The normalized spacial score (nSPS) is 10.8. The van der Waals surface area contributed by atoms with E-state index in [1.807, 2.05) is 13.0 Å². The van der Waals surface area contributed by atoms with Gasteiger partial charge in [0, 0.05) is 22.5 Å². The van der Waals surface area contributed by atoms with Crippen molar-refractivity contribution in [3.63, 3.8) is 0 Å². The van der Waals surface area contributed by atoms with Gasteiger partial charge in [0.05, 0.1) is 0 Å². The monoisotopic (exact) mass is 265 g/mol. The number of unbranched alkanes of at least 4 members (excludes halogenated alkanes) is 1. The topological polar surface area (TPSA) is 42.2 Å². The van der Waals surface area contributed by atoms with Crippen molar-refractivity contribution < 1.29 is 9.21 Å². The maximum Gasteiger partial charge on any atom is 0.287 e. The van der Waals surface area contributed by atoms with E-state index in [4.69, 9.17) is 16.0 Å². The summed E-state index contributed by atoms with van der Waals surface area (Å²) < 4.78 is 5.58. The van der Waals surface area contributed by atoms with Gasteiger partial charge in [-0.25, -0.2) is 0 Å². The molecule has 0 spiro atoms. The van der Waals surface area contributed by atoms with E-state index in [1.165, 1.54) is 0 Å². The number of halogens is 1. The summed E-state index contributed by atoms with van der Waals surface area (Å²) in [6.07, 6.45) is 2.02. The van der Waals surface area contributed by atoms with Crippen LogP contribution in [0, 0.1) is 6.92 Å². The summed E-state index contributed by atoms with van der Waals surface area (Å²) in [7, 11) is 0. The number of nitrogens with one attached hydrogen (secondary N) is 1. The van der Waals surface area contributed by atoms with E-state index in [0.29, 0.717) is 22.9 Å². The van der Waals surface area contributed by atoms with Gasteiger partial charge in [-0.3, -0.25) is 4.79 Å². The molecule has 1 N–H and O–H groups in total. The Morgan fingerprint density at radius 2 is 2.22 bits per heavy atom. The molecule has 96 valence electrons. The Morgan fingerprint density at radius 1 is 1.44 bits per heavy atom. The lowest BCUT2D eigenvalue weighted by Crippen LogP contribution is -2.24. The number of rotatable bonds is 4. The molecule has 0 aliphatic rings. The zero-order valence-corrected chi connectivity index (χ0v) is 11.3. The van der Waals surface area contributed by atoms with Crippen LogP contribution < -0.4 is 5.32 Å². The lowest BCUT2D eigenvalue weighted by Gasteiger charge is -2.01. The van der Waals surface area contributed by atoms with Gasteiger partial charge >= 0.3 is 0 Å². The van der Waals surface area contributed by atoms with Gasteiger partial charge in [-0.15, -0.1) is 0 Å². The molecule has 0 aliphatic carbocycles. The first-order valence-corrected chi connectivity index (χ1v) is 6.48. The number of aryl methyl sites for hydroxylation is 1. The molecule has 0 aliphatic heterocycles. The third-order valence-electron chi connectivity index (χ3n) is 2.92. The first-order chi connectivity index (χ1) is 8.63. The predicted molar refractivity (Wildman–Crippen MR) is 73.2 cm³/mol. The van der Waals surface area contributed by atoms with Gasteiger partial charge in [0.2, 0.25) is 0 Å². The van der Waals surface area contributed by atoms with Gasteiger partial charge in [0.25, 0.3) is 5.91 Å². The second kappa shape index (κ2) is 5.44. The van der Waals surface area contributed by atoms with E-state index in [-0.39, 0.29) is 5.91 Å². The van der Waals surface area contributed by atoms with Crippen LogP contribution in [0.15, 0.2) is 22.6 Å². The summed E-state index contributed by atoms with van der Waals surface area (Å²) in [5, 5.41) is 4.39. The molecule has 4 heteroatoms. The maximum atomic E-state index is 12.0. The van der Waals surface area contributed by atoms with Crippen LogP contribution in [-0.2, 0) is 0 Å². The zero-order chi connectivity index (χ0) is 13.1. The quantitative estimate of drug-likeness (QED) is 0.851. The van der Waals surface area contributed by atoms with E-state index in [0.717, 1.165) is 23.8 Å². The van der Waals surface area contributed by atoms with Crippen molar-refractivity contribution in [2.75, 3.05) is 6.54 Å². The lowest BCUT2D eigenvalue weighted by atomic mass is 10.1. The van der Waals surface area contributed by atoms with E-state index < -0.39 is 0 Å². The van der Waals surface area contributed by atoms with E-state index in [2.05, 4.69) is 12.2 Å². The van der Waals surface area contributed by atoms with Gasteiger partial charge in [-0.2, -0.15) is 0 Å². The minimum atomic E-state index is -0.159. The molecule has 1 aromatic heterocycles. The van der Waals surface area contributed by atoms with Gasteiger partial charge in [0.1, 0.15) is 5.58 Å². The molecule has 1 heterocycles. The highest BCUT2D eigenvalue weighted by atomic mass is 35.5. The molecule has 0 radical (unpaired) electrons. The Labute approximate surface area is 111 Å². The van der Waals surface area contributed by atoms with Crippen LogP contribution in [0.2, 0.25) is 5.02 Å². The minimum Gasteiger partial charge on any atom is -0.451 e. The van der Waals surface area contributed by atoms with Crippen LogP contribution in [0.3, 0.4) is 0 Å². The highest BCUT2D eigenvalue weighted by molar-refractivity contribution is 6.31. The molecule has 3 nitrogen and oxygen atoms in total. The van der Waals surface area contributed by atoms with Crippen LogP contribution in [0.4, 0.5) is 0 Å². The second-order valence-electron chi connectivity index (χ2n) is 4.31. The zero-order valence-electron chi connectivity index (χ0n) is 10.5. The molecule has 0 saturated heterocycles. The molecule has 2 rings (SSSR count). The second-order valence-corrected chi connectivity index (χ2v) is 4.74. The Bertz CT molecular complexity index is 574. The average Bonchev–Trinajstić information content (AvgIpc) is 2.67. The smallest absolute Gasteiger partial charge is 0.287 e. The molecule has 2 aromatic rings. The number of amides is 1. The standard InChI is InChI=1S/C14H16ClNO2/c1-3-4-7-16-14(17)13-9(2)11-8-10(15)5-6-12(11)18-13/h5-6,8H,3-4,7H2,1-2H3,(H,16,17).